The molecule has 28 heavy (non-hydrogen) atoms. The highest BCUT2D eigenvalue weighted by atomic mass is 16.5. The van der Waals surface area contributed by atoms with E-state index < -0.39 is 0 Å². The third-order valence-electron chi connectivity index (χ3n) is 5.61. The number of guanidine groups is 1. The molecule has 0 spiro atoms. The van der Waals surface area contributed by atoms with Crippen LogP contribution < -0.4 is 15.4 Å². The Bertz CT molecular complexity index is 609. The predicted octanol–water partition coefficient (Wildman–Crippen LogP) is 2.25. The second-order valence-electron chi connectivity index (χ2n) is 7.85. The van der Waals surface area contributed by atoms with Gasteiger partial charge in [0, 0.05) is 44.0 Å². The standard InChI is InChI=1S/C21H34N4O3/c1-2-22-20(25-15-21(9-11-26)10-12-27-16-21)24-14-17-7-8-19(23-13-17)28-18-5-3-4-6-18/h7-8,13,18,26H,2-6,9-12,14-16H2,1H3,(H2,22,24,25). The number of nitrogens with zero attached hydrogens (tertiary/aromatic N) is 2. The molecule has 1 atom stereocenters. The van der Waals surface area contributed by atoms with Gasteiger partial charge in [-0.05, 0) is 51.0 Å². The summed E-state index contributed by atoms with van der Waals surface area (Å²) in [5.74, 6) is 1.48. The molecular weight excluding hydrogens is 356 g/mol. The molecular formula is C21H34N4O3. The van der Waals surface area contributed by atoms with Crippen LogP contribution in [0, 0.1) is 5.41 Å². The van der Waals surface area contributed by atoms with Crippen LogP contribution in [0.5, 0.6) is 5.88 Å². The van der Waals surface area contributed by atoms with Gasteiger partial charge in [0.05, 0.1) is 13.2 Å². The number of hydrogen-bond acceptors (Lipinski definition) is 5. The Morgan fingerprint density at radius 2 is 2.21 bits per heavy atom. The Morgan fingerprint density at radius 3 is 2.86 bits per heavy atom. The first kappa shape index (κ1) is 20.9. The summed E-state index contributed by atoms with van der Waals surface area (Å²) in [4.78, 5) is 9.11. The van der Waals surface area contributed by atoms with E-state index in [1.807, 2.05) is 18.3 Å². The monoisotopic (exact) mass is 390 g/mol. The second-order valence-corrected chi connectivity index (χ2v) is 7.85. The van der Waals surface area contributed by atoms with E-state index >= 15 is 0 Å². The van der Waals surface area contributed by atoms with E-state index in [0.29, 0.717) is 25.1 Å². The molecule has 0 amide bonds. The summed E-state index contributed by atoms with van der Waals surface area (Å²) in [5, 5.41) is 16.1. The summed E-state index contributed by atoms with van der Waals surface area (Å²) in [6.07, 6.45) is 8.65. The number of pyridine rings is 1. The molecule has 1 saturated heterocycles. The molecule has 1 aromatic heterocycles. The van der Waals surface area contributed by atoms with Gasteiger partial charge in [0.15, 0.2) is 5.96 Å². The van der Waals surface area contributed by atoms with E-state index in [2.05, 4.69) is 27.5 Å². The van der Waals surface area contributed by atoms with Crippen LogP contribution in [0.15, 0.2) is 23.3 Å². The Labute approximate surface area is 167 Å². The van der Waals surface area contributed by atoms with E-state index in [0.717, 1.165) is 56.9 Å². The fourth-order valence-corrected chi connectivity index (χ4v) is 3.85. The van der Waals surface area contributed by atoms with E-state index in [1.54, 1.807) is 0 Å². The Hall–Kier alpha value is -1.86. The van der Waals surface area contributed by atoms with Crippen molar-refractivity contribution >= 4 is 5.96 Å². The third-order valence-corrected chi connectivity index (χ3v) is 5.61. The molecule has 0 bridgehead atoms. The summed E-state index contributed by atoms with van der Waals surface area (Å²) in [7, 11) is 0. The molecule has 0 aromatic carbocycles. The Kier molecular flexibility index (Phi) is 7.91. The van der Waals surface area contributed by atoms with Gasteiger partial charge in [-0.2, -0.15) is 0 Å². The lowest BCUT2D eigenvalue weighted by atomic mass is 9.84. The number of aliphatic imine (C=N–C) groups is 1. The van der Waals surface area contributed by atoms with Crippen molar-refractivity contribution in [3.05, 3.63) is 23.9 Å². The van der Waals surface area contributed by atoms with Crippen LogP contribution in [0.2, 0.25) is 0 Å². The maximum atomic E-state index is 9.38. The van der Waals surface area contributed by atoms with Crippen LogP contribution in [0.25, 0.3) is 0 Å². The van der Waals surface area contributed by atoms with E-state index in [9.17, 15) is 5.11 Å². The van der Waals surface area contributed by atoms with Crippen LogP contribution >= 0.6 is 0 Å². The second kappa shape index (κ2) is 10.6. The molecule has 7 nitrogen and oxygen atoms in total. The van der Waals surface area contributed by atoms with Crippen molar-refractivity contribution in [1.82, 2.24) is 15.6 Å². The minimum absolute atomic E-state index is 0.00821. The third kappa shape index (κ3) is 6.07. The highest BCUT2D eigenvalue weighted by Gasteiger charge is 2.34. The number of nitrogens with one attached hydrogen (secondary N) is 2. The number of rotatable bonds is 9. The molecule has 1 aliphatic heterocycles. The lowest BCUT2D eigenvalue weighted by molar-refractivity contribution is 0.127. The van der Waals surface area contributed by atoms with Gasteiger partial charge in [-0.15, -0.1) is 0 Å². The van der Waals surface area contributed by atoms with Crippen molar-refractivity contribution in [2.24, 2.45) is 10.4 Å². The molecule has 156 valence electrons. The number of hydrogen-bond donors (Lipinski definition) is 3. The highest BCUT2D eigenvalue weighted by molar-refractivity contribution is 5.79. The van der Waals surface area contributed by atoms with Crippen LogP contribution in [-0.4, -0.2) is 55.1 Å². The van der Waals surface area contributed by atoms with Gasteiger partial charge < -0.3 is 25.2 Å². The molecule has 2 heterocycles. The van der Waals surface area contributed by atoms with Crippen LogP contribution in [0.1, 0.15) is 51.0 Å². The lowest BCUT2D eigenvalue weighted by Gasteiger charge is -2.27. The molecule has 1 saturated carbocycles. The zero-order valence-corrected chi connectivity index (χ0v) is 17.0. The van der Waals surface area contributed by atoms with E-state index in [1.165, 1.54) is 12.8 Å². The normalized spacial score (nSPS) is 23.1. The van der Waals surface area contributed by atoms with Crippen LogP contribution in [0.3, 0.4) is 0 Å². The van der Waals surface area contributed by atoms with Gasteiger partial charge in [-0.3, -0.25) is 0 Å². The molecule has 1 aliphatic carbocycles. The summed E-state index contributed by atoms with van der Waals surface area (Å²) >= 11 is 0. The van der Waals surface area contributed by atoms with Crippen molar-refractivity contribution in [2.45, 2.75) is 58.1 Å². The predicted molar refractivity (Wildman–Crippen MR) is 110 cm³/mol. The lowest BCUT2D eigenvalue weighted by Crippen LogP contribution is -2.44. The molecule has 2 aliphatic rings. The van der Waals surface area contributed by atoms with Crippen molar-refractivity contribution in [2.75, 3.05) is 32.9 Å². The van der Waals surface area contributed by atoms with Gasteiger partial charge in [-0.1, -0.05) is 6.07 Å². The van der Waals surface area contributed by atoms with Gasteiger partial charge in [0.25, 0.3) is 0 Å². The van der Waals surface area contributed by atoms with Gasteiger partial charge in [0.1, 0.15) is 6.10 Å². The first-order valence-electron chi connectivity index (χ1n) is 10.6. The van der Waals surface area contributed by atoms with Crippen LogP contribution in [0.4, 0.5) is 0 Å². The number of aliphatic hydroxyl groups is 1. The quantitative estimate of drug-likeness (QED) is 0.443. The number of aromatic nitrogens is 1. The summed E-state index contributed by atoms with van der Waals surface area (Å²) in [5.41, 5.74) is 1.04. The van der Waals surface area contributed by atoms with Crippen LogP contribution in [-0.2, 0) is 11.3 Å². The average molecular weight is 391 g/mol. The smallest absolute Gasteiger partial charge is 0.213 e. The Morgan fingerprint density at radius 1 is 1.36 bits per heavy atom. The highest BCUT2D eigenvalue weighted by Crippen LogP contribution is 2.31. The van der Waals surface area contributed by atoms with Crippen molar-refractivity contribution in [1.29, 1.82) is 0 Å². The minimum atomic E-state index is -0.00821. The SMILES string of the molecule is CCNC(=NCc1ccc(OC2CCCC2)nc1)NCC1(CCO)CCOC1. The topological polar surface area (TPSA) is 88.0 Å². The van der Waals surface area contributed by atoms with Crippen molar-refractivity contribution < 1.29 is 14.6 Å². The van der Waals surface area contributed by atoms with Crippen molar-refractivity contribution in [3.63, 3.8) is 0 Å². The van der Waals surface area contributed by atoms with E-state index in [-0.39, 0.29) is 12.0 Å². The molecule has 1 aromatic rings. The van der Waals surface area contributed by atoms with E-state index in [4.69, 9.17) is 9.47 Å². The first-order chi connectivity index (χ1) is 13.7. The number of ether oxygens (including phenoxy) is 2. The summed E-state index contributed by atoms with van der Waals surface area (Å²) < 4.78 is 11.5. The molecule has 7 heteroatoms. The fourth-order valence-electron chi connectivity index (χ4n) is 3.85. The maximum Gasteiger partial charge on any atom is 0.213 e. The summed E-state index contributed by atoms with van der Waals surface area (Å²) in [6, 6.07) is 3.97. The molecule has 1 unspecified atom stereocenters. The van der Waals surface area contributed by atoms with Gasteiger partial charge >= 0.3 is 0 Å². The fraction of sp³-hybridized carbons (Fsp3) is 0.714. The average Bonchev–Trinajstić information content (AvgIpc) is 3.38. The Balaban J connectivity index is 1.53. The van der Waals surface area contributed by atoms with Gasteiger partial charge in [-0.25, -0.2) is 9.98 Å². The molecule has 3 rings (SSSR count). The summed E-state index contributed by atoms with van der Waals surface area (Å²) in [6.45, 7) is 5.77. The number of aliphatic hydroxyl groups excluding tert-OH is 1. The largest absolute Gasteiger partial charge is 0.474 e. The maximum absolute atomic E-state index is 9.38. The molecule has 3 N–H and O–H groups in total. The first-order valence-corrected chi connectivity index (χ1v) is 10.6. The zero-order chi connectivity index (χ0) is 19.7. The molecule has 2 fully saturated rings. The van der Waals surface area contributed by atoms with Crippen molar-refractivity contribution in [3.8, 4) is 5.88 Å². The molecule has 0 radical (unpaired) electrons. The minimum Gasteiger partial charge on any atom is -0.474 e. The van der Waals surface area contributed by atoms with Gasteiger partial charge in [0.2, 0.25) is 5.88 Å². The zero-order valence-electron chi connectivity index (χ0n) is 17.0.